The van der Waals surface area contributed by atoms with Gasteiger partial charge in [-0.2, -0.15) is 0 Å². The Balaban J connectivity index is 1.23. The number of carbonyl (C=O) groups excluding carboxylic acids is 2. The van der Waals surface area contributed by atoms with Crippen molar-refractivity contribution in [3.63, 3.8) is 0 Å². The van der Waals surface area contributed by atoms with Crippen LogP contribution in [0.5, 0.6) is 0 Å². The van der Waals surface area contributed by atoms with Gasteiger partial charge in [-0.15, -0.1) is 0 Å². The third kappa shape index (κ3) is 7.35. The topological polar surface area (TPSA) is 93.1 Å². The van der Waals surface area contributed by atoms with E-state index in [1.54, 1.807) is 22.8 Å². The van der Waals surface area contributed by atoms with Crippen LogP contribution >= 0.6 is 35.0 Å². The Morgan fingerprint density at radius 2 is 1.71 bits per heavy atom. The number of halogens is 2. The molecule has 4 aromatic rings. The summed E-state index contributed by atoms with van der Waals surface area (Å²) in [5, 5.41) is 8.17. The number of nitrogens with one attached hydrogen (secondary N) is 2. The lowest BCUT2D eigenvalue weighted by Gasteiger charge is -2.28. The first kappa shape index (κ1) is 30.1. The number of aryl methyl sites for hydroxylation is 1. The summed E-state index contributed by atoms with van der Waals surface area (Å²) in [6.45, 7) is 2.79. The lowest BCUT2D eigenvalue weighted by atomic mass is 9.81. The molecule has 42 heavy (non-hydrogen) atoms. The number of para-hydroxylation sites is 1. The van der Waals surface area contributed by atoms with Crippen LogP contribution in [0.3, 0.4) is 0 Å². The smallest absolute Gasteiger partial charge is 0.262 e. The van der Waals surface area contributed by atoms with Gasteiger partial charge in [0.15, 0.2) is 5.16 Å². The van der Waals surface area contributed by atoms with E-state index in [9.17, 15) is 14.4 Å². The van der Waals surface area contributed by atoms with Gasteiger partial charge in [-0.05, 0) is 80.0 Å². The number of rotatable bonds is 9. The van der Waals surface area contributed by atoms with Crippen molar-refractivity contribution in [3.8, 4) is 0 Å². The van der Waals surface area contributed by atoms with Crippen molar-refractivity contribution in [2.75, 3.05) is 11.1 Å². The van der Waals surface area contributed by atoms with Crippen LogP contribution < -0.4 is 16.2 Å². The van der Waals surface area contributed by atoms with Gasteiger partial charge in [0.05, 0.1) is 16.7 Å². The van der Waals surface area contributed by atoms with Crippen LogP contribution in [0.4, 0.5) is 5.69 Å². The Morgan fingerprint density at radius 1 is 0.976 bits per heavy atom. The maximum absolute atomic E-state index is 13.6. The van der Waals surface area contributed by atoms with Gasteiger partial charge in [0.1, 0.15) is 0 Å². The number of anilines is 1. The van der Waals surface area contributed by atoms with Crippen molar-refractivity contribution in [3.05, 3.63) is 98.3 Å². The van der Waals surface area contributed by atoms with E-state index in [2.05, 4.69) is 10.6 Å². The molecule has 1 fully saturated rings. The largest absolute Gasteiger partial charge is 0.352 e. The van der Waals surface area contributed by atoms with Crippen LogP contribution in [0.15, 0.2) is 76.7 Å². The number of benzene rings is 3. The van der Waals surface area contributed by atoms with E-state index in [1.807, 2.05) is 55.5 Å². The highest BCUT2D eigenvalue weighted by Crippen LogP contribution is 2.31. The van der Waals surface area contributed by atoms with Crippen molar-refractivity contribution < 1.29 is 9.59 Å². The third-order valence-electron chi connectivity index (χ3n) is 7.68. The molecule has 0 atom stereocenters. The Morgan fingerprint density at radius 3 is 2.48 bits per heavy atom. The van der Waals surface area contributed by atoms with Crippen molar-refractivity contribution in [2.24, 2.45) is 11.8 Å². The van der Waals surface area contributed by atoms with E-state index >= 15 is 0 Å². The average molecular weight is 624 g/mol. The van der Waals surface area contributed by atoms with Crippen LogP contribution in [0.25, 0.3) is 10.9 Å². The van der Waals surface area contributed by atoms with Gasteiger partial charge in [0.25, 0.3) is 5.56 Å². The Labute approximate surface area is 259 Å². The first-order valence-electron chi connectivity index (χ1n) is 14.0. The minimum atomic E-state index is -0.211. The molecule has 1 saturated carbocycles. The van der Waals surface area contributed by atoms with Gasteiger partial charge in [0.2, 0.25) is 11.8 Å². The summed E-state index contributed by atoms with van der Waals surface area (Å²) < 4.78 is 1.70. The molecule has 0 bridgehead atoms. The van der Waals surface area contributed by atoms with Crippen LogP contribution in [0.1, 0.15) is 36.8 Å². The van der Waals surface area contributed by atoms with Crippen molar-refractivity contribution >= 4 is 63.4 Å². The molecule has 1 aliphatic carbocycles. The second-order valence-corrected chi connectivity index (χ2v) is 12.4. The number of hydrogen-bond acceptors (Lipinski definition) is 5. The zero-order valence-electron chi connectivity index (χ0n) is 23.2. The Kier molecular flexibility index (Phi) is 9.88. The summed E-state index contributed by atoms with van der Waals surface area (Å²) in [4.78, 5) is 43.9. The fourth-order valence-corrected chi connectivity index (χ4v) is 6.44. The highest BCUT2D eigenvalue weighted by Gasteiger charge is 2.27. The molecule has 1 aromatic heterocycles. The fraction of sp³-hybridized carbons (Fsp3) is 0.312. The summed E-state index contributed by atoms with van der Waals surface area (Å²) in [7, 11) is 0. The Hall–Kier alpha value is -3.33. The summed E-state index contributed by atoms with van der Waals surface area (Å²) >= 11 is 13.7. The van der Waals surface area contributed by atoms with Crippen LogP contribution in [0.2, 0.25) is 10.0 Å². The van der Waals surface area contributed by atoms with Gasteiger partial charge in [-0.25, -0.2) is 4.98 Å². The number of aromatic nitrogens is 2. The van der Waals surface area contributed by atoms with Gasteiger partial charge in [-0.3, -0.25) is 19.0 Å². The predicted molar refractivity (Wildman–Crippen MR) is 170 cm³/mol. The second kappa shape index (κ2) is 13.8. The molecule has 0 radical (unpaired) electrons. The maximum Gasteiger partial charge on any atom is 0.262 e. The quantitative estimate of drug-likeness (QED) is 0.157. The van der Waals surface area contributed by atoms with Crippen molar-refractivity contribution in [2.45, 2.75) is 50.9 Å². The van der Waals surface area contributed by atoms with Crippen molar-refractivity contribution in [1.29, 1.82) is 0 Å². The molecule has 10 heteroatoms. The lowest BCUT2D eigenvalue weighted by molar-refractivity contribution is -0.126. The van der Waals surface area contributed by atoms with Gasteiger partial charge < -0.3 is 10.6 Å². The van der Waals surface area contributed by atoms with E-state index in [0.717, 1.165) is 36.8 Å². The number of fused-ring (bicyclic) bond motifs is 1. The van der Waals surface area contributed by atoms with Gasteiger partial charge in [0, 0.05) is 34.7 Å². The molecular weight excluding hydrogens is 591 g/mol. The maximum atomic E-state index is 13.6. The molecule has 1 aliphatic rings. The molecule has 0 aliphatic heterocycles. The molecule has 0 saturated heterocycles. The van der Waals surface area contributed by atoms with E-state index in [4.69, 9.17) is 28.2 Å². The van der Waals surface area contributed by atoms with Crippen LogP contribution in [-0.2, 0) is 22.7 Å². The van der Waals surface area contributed by atoms with E-state index in [0.29, 0.717) is 44.9 Å². The third-order valence-corrected chi connectivity index (χ3v) is 9.44. The number of thioether (sulfide) groups is 1. The number of amides is 2. The molecule has 2 N–H and O–H groups in total. The van der Waals surface area contributed by atoms with Crippen LogP contribution in [0, 0.1) is 18.8 Å². The highest BCUT2D eigenvalue weighted by molar-refractivity contribution is 7.99. The van der Waals surface area contributed by atoms with Crippen LogP contribution in [-0.4, -0.2) is 27.1 Å². The first-order chi connectivity index (χ1) is 20.3. The molecule has 5 rings (SSSR count). The second-order valence-electron chi connectivity index (χ2n) is 10.7. The molecule has 2 amide bonds. The van der Waals surface area contributed by atoms with Gasteiger partial charge >= 0.3 is 0 Å². The number of carbonyl (C=O) groups is 2. The summed E-state index contributed by atoms with van der Waals surface area (Å²) in [5.41, 5.74) is 2.93. The van der Waals surface area contributed by atoms with Gasteiger partial charge in [-0.1, -0.05) is 71.4 Å². The minimum absolute atomic E-state index is 0.0371. The Bertz CT molecular complexity index is 1670. The zero-order valence-corrected chi connectivity index (χ0v) is 25.6. The molecule has 0 unspecified atom stereocenters. The predicted octanol–water partition coefficient (Wildman–Crippen LogP) is 6.87. The minimum Gasteiger partial charge on any atom is -0.352 e. The SMILES string of the molecule is Cc1ccc(NC(=O)CSc2nc3ccccc3c(=O)n2CC2CCC(C(=O)NCc3ccccc3Cl)CC2)cc1Cl. The normalized spacial score (nSPS) is 16.7. The molecule has 1 heterocycles. The summed E-state index contributed by atoms with van der Waals surface area (Å²) in [6.07, 6.45) is 3.14. The van der Waals surface area contributed by atoms with Crippen molar-refractivity contribution in [1.82, 2.24) is 14.9 Å². The highest BCUT2D eigenvalue weighted by atomic mass is 35.5. The standard InChI is InChI=1S/C32H32Cl2N4O3S/c1-20-10-15-24(16-27(20)34)36-29(39)19-42-32-37-28-9-5-3-7-25(28)31(41)38(32)18-21-11-13-22(14-12-21)30(40)35-17-23-6-2-4-8-26(23)33/h2-10,15-16,21-22H,11-14,17-19H2,1H3,(H,35,40)(H,36,39). The fourth-order valence-electron chi connectivity index (χ4n) is 5.25. The number of nitrogens with zero attached hydrogens (tertiary/aromatic N) is 2. The molecular formula is C32H32Cl2N4O3S. The van der Waals surface area contributed by atoms with E-state index in [-0.39, 0.29) is 35.0 Å². The summed E-state index contributed by atoms with van der Waals surface area (Å²) in [5.74, 6) is 0.0746. The van der Waals surface area contributed by atoms with E-state index < -0.39 is 0 Å². The zero-order chi connectivity index (χ0) is 29.6. The first-order valence-corrected chi connectivity index (χ1v) is 15.7. The summed E-state index contributed by atoms with van der Waals surface area (Å²) in [6, 6.07) is 20.1. The molecule has 218 valence electrons. The average Bonchev–Trinajstić information content (AvgIpc) is 2.99. The van der Waals surface area contributed by atoms with E-state index in [1.165, 1.54) is 11.8 Å². The molecule has 0 spiro atoms. The monoisotopic (exact) mass is 622 g/mol. The lowest BCUT2D eigenvalue weighted by Crippen LogP contribution is -2.34. The number of hydrogen-bond donors (Lipinski definition) is 2. The molecule has 3 aromatic carbocycles. The molecule has 7 nitrogen and oxygen atoms in total.